The van der Waals surface area contributed by atoms with E-state index < -0.39 is 13.7 Å². The molecule has 1 aliphatic carbocycles. The monoisotopic (exact) mass is 515 g/mol. The predicted molar refractivity (Wildman–Crippen MR) is 142 cm³/mol. The van der Waals surface area contributed by atoms with Crippen LogP contribution in [-0.4, -0.2) is 71.4 Å². The largest absolute Gasteiger partial charge is 0.444 e. The quantitative estimate of drug-likeness (QED) is 0.387. The van der Waals surface area contributed by atoms with E-state index in [0.717, 1.165) is 31.0 Å². The van der Waals surface area contributed by atoms with Crippen LogP contribution in [0, 0.1) is 5.92 Å². The first-order valence-electron chi connectivity index (χ1n) is 13.1. The van der Waals surface area contributed by atoms with Gasteiger partial charge >= 0.3 is 6.09 Å². The molecule has 1 unspecified atom stereocenters. The van der Waals surface area contributed by atoms with Crippen LogP contribution < -0.4 is 5.32 Å². The predicted octanol–water partition coefficient (Wildman–Crippen LogP) is 4.61. The second-order valence-electron chi connectivity index (χ2n) is 12.4. The highest BCUT2D eigenvalue weighted by molar-refractivity contribution is 6.76. The molecule has 1 saturated carbocycles. The molecule has 0 spiro atoms. The van der Waals surface area contributed by atoms with Crippen LogP contribution in [0.4, 0.5) is 4.79 Å². The third kappa shape index (κ3) is 7.06. The van der Waals surface area contributed by atoms with Gasteiger partial charge in [0, 0.05) is 46.4 Å². The first-order valence-corrected chi connectivity index (χ1v) is 16.8. The Balaban J connectivity index is 1.41. The van der Waals surface area contributed by atoms with E-state index in [2.05, 4.69) is 29.9 Å². The second-order valence-corrected chi connectivity index (χ2v) is 18.0. The van der Waals surface area contributed by atoms with Crippen molar-refractivity contribution in [2.24, 2.45) is 5.92 Å². The molecule has 0 aromatic carbocycles. The van der Waals surface area contributed by atoms with E-state index in [9.17, 15) is 9.59 Å². The molecule has 1 atom stereocenters. The molecule has 3 heterocycles. The Morgan fingerprint density at radius 1 is 1.19 bits per heavy atom. The van der Waals surface area contributed by atoms with E-state index in [1.54, 1.807) is 4.90 Å². The standard InChI is InChI=1S/C26H41N5O4Si/c1-26(2,3)35-25(33)30-10-9-18(15-30)13-28-24(32)20-16-31(17-34-11-12-36(4,5)6)23-22(20)29-21(14-27-23)19-7-8-19/h14,16,18-19H,7-13,15,17H2,1-6H3,(H,28,32). The van der Waals surface area contributed by atoms with Crippen LogP contribution in [0.25, 0.3) is 11.2 Å². The molecule has 198 valence electrons. The topological polar surface area (TPSA) is 98.6 Å². The zero-order valence-electron chi connectivity index (χ0n) is 22.6. The molecule has 2 aromatic rings. The molecule has 10 heteroatoms. The highest BCUT2D eigenvalue weighted by atomic mass is 28.3. The summed E-state index contributed by atoms with van der Waals surface area (Å²) in [5.41, 5.74) is 2.27. The van der Waals surface area contributed by atoms with Crippen LogP contribution >= 0.6 is 0 Å². The number of carbonyl (C=O) groups is 2. The van der Waals surface area contributed by atoms with Crippen molar-refractivity contribution in [3.63, 3.8) is 0 Å². The number of ether oxygens (including phenoxy) is 2. The van der Waals surface area contributed by atoms with E-state index in [-0.39, 0.29) is 17.9 Å². The van der Waals surface area contributed by atoms with Gasteiger partial charge in [0.25, 0.3) is 5.91 Å². The van der Waals surface area contributed by atoms with E-state index in [1.807, 2.05) is 37.7 Å². The Morgan fingerprint density at radius 3 is 2.61 bits per heavy atom. The molecular formula is C26H41N5O4Si. The van der Waals surface area contributed by atoms with Crippen molar-refractivity contribution in [1.29, 1.82) is 0 Å². The minimum atomic E-state index is -1.18. The zero-order chi connectivity index (χ0) is 26.1. The summed E-state index contributed by atoms with van der Waals surface area (Å²) >= 11 is 0. The Morgan fingerprint density at radius 2 is 1.94 bits per heavy atom. The number of hydrogen-bond acceptors (Lipinski definition) is 6. The molecule has 4 rings (SSSR count). The van der Waals surface area contributed by atoms with Crippen molar-refractivity contribution in [2.75, 3.05) is 26.2 Å². The number of carbonyl (C=O) groups excluding carboxylic acids is 2. The summed E-state index contributed by atoms with van der Waals surface area (Å²) in [7, 11) is -1.18. The third-order valence-corrected chi connectivity index (χ3v) is 8.24. The normalized spacial score (nSPS) is 18.6. The van der Waals surface area contributed by atoms with Crippen LogP contribution in [0.3, 0.4) is 0 Å². The molecule has 2 fully saturated rings. The highest BCUT2D eigenvalue weighted by Gasteiger charge is 2.31. The van der Waals surface area contributed by atoms with Gasteiger partial charge in [-0.15, -0.1) is 0 Å². The van der Waals surface area contributed by atoms with Gasteiger partial charge in [-0.25, -0.2) is 14.8 Å². The maximum absolute atomic E-state index is 13.3. The van der Waals surface area contributed by atoms with Crippen molar-refractivity contribution in [2.45, 2.75) is 84.0 Å². The number of amides is 2. The maximum atomic E-state index is 13.3. The molecule has 2 amide bonds. The number of likely N-dealkylation sites (tertiary alicyclic amines) is 1. The third-order valence-electron chi connectivity index (χ3n) is 6.54. The molecule has 2 aromatic heterocycles. The van der Waals surface area contributed by atoms with Crippen LogP contribution in [0.15, 0.2) is 12.4 Å². The summed E-state index contributed by atoms with van der Waals surface area (Å²) in [4.78, 5) is 36.8. The van der Waals surface area contributed by atoms with Gasteiger partial charge in [0.1, 0.15) is 17.8 Å². The van der Waals surface area contributed by atoms with E-state index in [0.29, 0.717) is 55.6 Å². The van der Waals surface area contributed by atoms with Gasteiger partial charge in [0.2, 0.25) is 0 Å². The van der Waals surface area contributed by atoms with Crippen molar-refractivity contribution < 1.29 is 19.1 Å². The maximum Gasteiger partial charge on any atom is 0.410 e. The first-order chi connectivity index (χ1) is 16.9. The minimum Gasteiger partial charge on any atom is -0.444 e. The Hall–Kier alpha value is -2.46. The van der Waals surface area contributed by atoms with E-state index >= 15 is 0 Å². The average molecular weight is 516 g/mol. The molecule has 1 aliphatic heterocycles. The summed E-state index contributed by atoms with van der Waals surface area (Å²) in [5, 5.41) is 3.07. The lowest BCUT2D eigenvalue weighted by molar-refractivity contribution is 0.0288. The van der Waals surface area contributed by atoms with Crippen LogP contribution in [0.2, 0.25) is 25.7 Å². The van der Waals surface area contributed by atoms with Gasteiger partial charge < -0.3 is 24.3 Å². The number of fused-ring (bicyclic) bond motifs is 1. The summed E-state index contributed by atoms with van der Waals surface area (Å²) in [6.45, 7) is 15.3. The van der Waals surface area contributed by atoms with Crippen LogP contribution in [0.5, 0.6) is 0 Å². The van der Waals surface area contributed by atoms with Gasteiger partial charge in [-0.1, -0.05) is 19.6 Å². The van der Waals surface area contributed by atoms with Crippen LogP contribution in [-0.2, 0) is 16.2 Å². The average Bonchev–Trinajstić information content (AvgIpc) is 3.41. The molecule has 1 N–H and O–H groups in total. The zero-order valence-corrected chi connectivity index (χ0v) is 23.6. The summed E-state index contributed by atoms with van der Waals surface area (Å²) < 4.78 is 13.3. The van der Waals surface area contributed by atoms with Gasteiger partial charge in [0.05, 0.1) is 17.5 Å². The lowest BCUT2D eigenvalue weighted by Crippen LogP contribution is -2.36. The van der Waals surface area contributed by atoms with Crippen molar-refractivity contribution >= 4 is 31.2 Å². The molecule has 0 bridgehead atoms. The minimum absolute atomic E-state index is 0.168. The van der Waals surface area contributed by atoms with Gasteiger partial charge in [-0.2, -0.15) is 0 Å². The number of hydrogen-bond donors (Lipinski definition) is 1. The lowest BCUT2D eigenvalue weighted by atomic mass is 10.1. The summed E-state index contributed by atoms with van der Waals surface area (Å²) in [6, 6.07) is 1.08. The number of aromatic nitrogens is 3. The fraction of sp³-hybridized carbons (Fsp3) is 0.692. The van der Waals surface area contributed by atoms with Crippen molar-refractivity contribution in [1.82, 2.24) is 24.8 Å². The molecule has 1 saturated heterocycles. The highest BCUT2D eigenvalue weighted by Crippen LogP contribution is 2.39. The molecule has 9 nitrogen and oxygen atoms in total. The van der Waals surface area contributed by atoms with E-state index in [1.165, 1.54) is 0 Å². The molecular weight excluding hydrogens is 474 g/mol. The molecule has 36 heavy (non-hydrogen) atoms. The Kier molecular flexibility index (Phi) is 7.75. The number of nitrogens with zero attached hydrogens (tertiary/aromatic N) is 4. The molecule has 0 radical (unpaired) electrons. The Bertz CT molecular complexity index is 1100. The Labute approximate surface area is 214 Å². The van der Waals surface area contributed by atoms with E-state index in [4.69, 9.17) is 14.5 Å². The van der Waals surface area contributed by atoms with Crippen molar-refractivity contribution in [3.05, 3.63) is 23.7 Å². The lowest BCUT2D eigenvalue weighted by Gasteiger charge is -2.24. The summed E-state index contributed by atoms with van der Waals surface area (Å²) in [5.74, 6) is 0.470. The first kappa shape index (κ1) is 26.6. The number of nitrogens with one attached hydrogen (secondary N) is 1. The fourth-order valence-electron chi connectivity index (χ4n) is 4.27. The molecule has 2 aliphatic rings. The van der Waals surface area contributed by atoms with Crippen molar-refractivity contribution in [3.8, 4) is 0 Å². The SMILES string of the molecule is CC(C)(C)OC(=O)N1CCC(CNC(=O)c2cn(COCC[Si](C)(C)C)c3ncc(C4CC4)nc23)C1. The smallest absolute Gasteiger partial charge is 0.410 e. The van der Waals surface area contributed by atoms with Gasteiger partial charge in [-0.3, -0.25) is 4.79 Å². The van der Waals surface area contributed by atoms with Gasteiger partial charge in [0.15, 0.2) is 5.65 Å². The van der Waals surface area contributed by atoms with Crippen LogP contribution in [0.1, 0.15) is 62.0 Å². The fourth-order valence-corrected chi connectivity index (χ4v) is 5.03. The summed E-state index contributed by atoms with van der Waals surface area (Å²) in [6.07, 6.45) is 6.43. The van der Waals surface area contributed by atoms with Gasteiger partial charge in [-0.05, 0) is 52.0 Å². The number of rotatable bonds is 9. The second kappa shape index (κ2) is 10.5.